The van der Waals surface area contributed by atoms with Gasteiger partial charge in [0.1, 0.15) is 16.9 Å². The average molecular weight is 517 g/mol. The van der Waals surface area contributed by atoms with E-state index >= 15 is 0 Å². The molecule has 1 aromatic carbocycles. The number of ether oxygens (including phenoxy) is 2. The molecule has 4 rings (SSSR count). The number of carbonyl (C=O) groups excluding carboxylic acids is 2. The smallest absolute Gasteiger partial charge is 0.341 e. The molecule has 0 fully saturated rings. The zero-order valence-electron chi connectivity index (χ0n) is 22.4. The molecular weight excluding hydrogens is 484 g/mol. The highest BCUT2D eigenvalue weighted by Crippen LogP contribution is 2.22. The topological polar surface area (TPSA) is 104 Å². The molecule has 1 amide bonds. The molecule has 0 radical (unpaired) electrons. The maximum atomic E-state index is 13.4. The minimum absolute atomic E-state index is 0.0196. The lowest BCUT2D eigenvalue weighted by molar-refractivity contribution is 0.0523. The zero-order chi connectivity index (χ0) is 27.4. The lowest BCUT2D eigenvalue weighted by atomic mass is 9.87. The summed E-state index contributed by atoms with van der Waals surface area (Å²) in [7, 11) is 1.59. The van der Waals surface area contributed by atoms with Crippen LogP contribution in [0.15, 0.2) is 64.5 Å². The molecule has 198 valence electrons. The maximum Gasteiger partial charge on any atom is 0.341 e. The summed E-state index contributed by atoms with van der Waals surface area (Å²) in [4.78, 5) is 48.9. The molecule has 0 spiro atoms. The molecule has 0 unspecified atom stereocenters. The van der Waals surface area contributed by atoms with Crippen LogP contribution in [0.2, 0.25) is 0 Å². The molecule has 0 N–H and O–H groups in total. The van der Waals surface area contributed by atoms with E-state index in [-0.39, 0.29) is 34.0 Å². The first kappa shape index (κ1) is 26.9. The molecule has 0 saturated heterocycles. The van der Waals surface area contributed by atoms with Crippen LogP contribution in [0.5, 0.6) is 0 Å². The maximum absolute atomic E-state index is 13.4. The van der Waals surface area contributed by atoms with Crippen LogP contribution in [0.4, 0.5) is 0 Å². The van der Waals surface area contributed by atoms with Crippen LogP contribution < -0.4 is 11.0 Å². The van der Waals surface area contributed by atoms with Crippen LogP contribution in [0.25, 0.3) is 16.7 Å². The third-order valence-corrected chi connectivity index (χ3v) is 6.22. The number of hydrogen-bond donors (Lipinski definition) is 0. The monoisotopic (exact) mass is 516 g/mol. The Labute approximate surface area is 220 Å². The Balaban J connectivity index is 2.02. The number of methoxy groups -OCH3 is 1. The number of fused-ring (bicyclic) bond motifs is 2. The summed E-state index contributed by atoms with van der Waals surface area (Å²) in [6, 6.07) is 13.9. The molecule has 0 aliphatic rings. The molecule has 9 heteroatoms. The largest absolute Gasteiger partial charge is 0.462 e. The summed E-state index contributed by atoms with van der Waals surface area (Å²) >= 11 is 0. The summed E-state index contributed by atoms with van der Waals surface area (Å²) in [5.74, 6) is -1.20. The fourth-order valence-corrected chi connectivity index (χ4v) is 4.21. The van der Waals surface area contributed by atoms with Gasteiger partial charge in [0, 0.05) is 32.0 Å². The van der Waals surface area contributed by atoms with E-state index in [0.717, 1.165) is 5.56 Å². The van der Waals surface area contributed by atoms with Crippen LogP contribution >= 0.6 is 0 Å². The standard InChI is InChI=1S/C29H32N4O5/c1-6-38-28(36)22-18-21-24(30-23-10-7-8-15-32(23)27(21)35)33(16-9-17-37-5)25(22)31-26(34)19-11-13-20(14-12-19)29(2,3)4/h7-8,10-15,18H,6,9,16-17H2,1-5H3. The second-order valence-electron chi connectivity index (χ2n) is 9.93. The second-order valence-corrected chi connectivity index (χ2v) is 9.93. The van der Waals surface area contributed by atoms with Crippen molar-refractivity contribution in [1.29, 1.82) is 0 Å². The summed E-state index contributed by atoms with van der Waals surface area (Å²) in [6.07, 6.45) is 2.15. The molecule has 0 atom stereocenters. The van der Waals surface area contributed by atoms with Crippen molar-refractivity contribution in [2.45, 2.75) is 46.1 Å². The van der Waals surface area contributed by atoms with Gasteiger partial charge in [-0.15, -0.1) is 0 Å². The van der Waals surface area contributed by atoms with Gasteiger partial charge in [-0.25, -0.2) is 9.78 Å². The molecule has 0 aliphatic heterocycles. The van der Waals surface area contributed by atoms with Gasteiger partial charge in [0.25, 0.3) is 11.5 Å². The Bertz CT molecular complexity index is 1630. The summed E-state index contributed by atoms with van der Waals surface area (Å²) in [5, 5.41) is 0.218. The van der Waals surface area contributed by atoms with Gasteiger partial charge in [-0.3, -0.25) is 14.0 Å². The number of nitrogens with zero attached hydrogens (tertiary/aromatic N) is 4. The van der Waals surface area contributed by atoms with Gasteiger partial charge in [-0.2, -0.15) is 4.99 Å². The average Bonchev–Trinajstić information content (AvgIpc) is 2.89. The van der Waals surface area contributed by atoms with E-state index < -0.39 is 11.9 Å². The first-order chi connectivity index (χ1) is 18.2. The number of aromatic nitrogens is 3. The van der Waals surface area contributed by atoms with Gasteiger partial charge < -0.3 is 14.0 Å². The Morgan fingerprint density at radius 2 is 1.82 bits per heavy atom. The SMILES string of the molecule is CCOC(=O)c1cc2c(=O)n3ccccc3nc2n(CCCOC)c1=NC(=O)c1ccc(C(C)(C)C)cc1. The highest BCUT2D eigenvalue weighted by molar-refractivity contribution is 5.97. The quantitative estimate of drug-likeness (QED) is 0.210. The highest BCUT2D eigenvalue weighted by atomic mass is 16.5. The first-order valence-electron chi connectivity index (χ1n) is 12.6. The Kier molecular flexibility index (Phi) is 7.87. The lowest BCUT2D eigenvalue weighted by Crippen LogP contribution is -2.33. The number of aryl methyl sites for hydroxylation is 1. The van der Waals surface area contributed by atoms with E-state index in [0.29, 0.717) is 36.4 Å². The van der Waals surface area contributed by atoms with Crippen LogP contribution in [0, 0.1) is 0 Å². The van der Waals surface area contributed by atoms with Crippen LogP contribution in [-0.2, 0) is 21.4 Å². The van der Waals surface area contributed by atoms with Crippen LogP contribution in [0.1, 0.15) is 60.4 Å². The molecular formula is C29H32N4O5. The minimum Gasteiger partial charge on any atom is -0.462 e. The molecule has 9 nitrogen and oxygen atoms in total. The molecule has 38 heavy (non-hydrogen) atoms. The minimum atomic E-state index is -0.679. The number of hydrogen-bond acceptors (Lipinski definition) is 6. The van der Waals surface area contributed by atoms with E-state index in [4.69, 9.17) is 14.5 Å². The Morgan fingerprint density at radius 1 is 1.08 bits per heavy atom. The van der Waals surface area contributed by atoms with E-state index in [2.05, 4.69) is 25.8 Å². The van der Waals surface area contributed by atoms with Gasteiger partial charge >= 0.3 is 5.97 Å². The van der Waals surface area contributed by atoms with Crippen LogP contribution in [0.3, 0.4) is 0 Å². The second kappa shape index (κ2) is 11.1. The third kappa shape index (κ3) is 5.43. The molecule has 0 bridgehead atoms. The lowest BCUT2D eigenvalue weighted by Gasteiger charge is -2.18. The van der Waals surface area contributed by atoms with Crippen molar-refractivity contribution in [3.63, 3.8) is 0 Å². The van der Waals surface area contributed by atoms with E-state index in [1.54, 1.807) is 55.1 Å². The Hall–Kier alpha value is -4.11. The molecule has 3 aromatic heterocycles. The normalized spacial score (nSPS) is 12.3. The van der Waals surface area contributed by atoms with E-state index in [9.17, 15) is 14.4 Å². The number of carbonyl (C=O) groups is 2. The number of amides is 1. The van der Waals surface area contributed by atoms with E-state index in [1.807, 2.05) is 12.1 Å². The predicted molar refractivity (Wildman–Crippen MR) is 144 cm³/mol. The number of benzene rings is 1. The van der Waals surface area contributed by atoms with Crippen molar-refractivity contribution in [1.82, 2.24) is 14.0 Å². The van der Waals surface area contributed by atoms with Gasteiger partial charge in [0.2, 0.25) is 0 Å². The van der Waals surface area contributed by atoms with Crippen LogP contribution in [-0.4, -0.2) is 46.2 Å². The highest BCUT2D eigenvalue weighted by Gasteiger charge is 2.21. The number of pyridine rings is 2. The zero-order valence-corrected chi connectivity index (χ0v) is 22.4. The molecule has 0 aliphatic carbocycles. The van der Waals surface area contributed by atoms with Gasteiger partial charge in [0.15, 0.2) is 5.49 Å². The van der Waals surface area contributed by atoms with Crippen molar-refractivity contribution >= 4 is 28.6 Å². The fraction of sp³-hybridized carbons (Fsp3) is 0.345. The van der Waals surface area contributed by atoms with Crippen molar-refractivity contribution in [3.05, 3.63) is 87.3 Å². The molecule has 4 aromatic rings. The Morgan fingerprint density at radius 3 is 2.47 bits per heavy atom. The first-order valence-corrected chi connectivity index (χ1v) is 12.6. The summed E-state index contributed by atoms with van der Waals surface area (Å²) < 4.78 is 13.6. The number of esters is 1. The van der Waals surface area contributed by atoms with Gasteiger partial charge in [0.05, 0.1) is 12.0 Å². The summed E-state index contributed by atoms with van der Waals surface area (Å²) in [5.41, 5.74) is 1.91. The van der Waals surface area contributed by atoms with Gasteiger partial charge in [-0.05, 0) is 54.7 Å². The van der Waals surface area contributed by atoms with E-state index in [1.165, 1.54) is 10.5 Å². The molecule has 0 saturated carbocycles. The summed E-state index contributed by atoms with van der Waals surface area (Å²) in [6.45, 7) is 8.82. The molecule has 3 heterocycles. The third-order valence-electron chi connectivity index (χ3n) is 6.22. The predicted octanol–water partition coefficient (Wildman–Crippen LogP) is 3.90. The van der Waals surface area contributed by atoms with Crippen molar-refractivity contribution in [3.8, 4) is 0 Å². The van der Waals surface area contributed by atoms with Crippen molar-refractivity contribution in [2.24, 2.45) is 4.99 Å². The van der Waals surface area contributed by atoms with Crippen molar-refractivity contribution in [2.75, 3.05) is 20.3 Å². The van der Waals surface area contributed by atoms with Crippen molar-refractivity contribution < 1.29 is 19.1 Å². The fourth-order valence-electron chi connectivity index (χ4n) is 4.21. The van der Waals surface area contributed by atoms with Gasteiger partial charge in [-0.1, -0.05) is 39.0 Å². The number of rotatable bonds is 7.